The van der Waals surface area contributed by atoms with Crippen LogP contribution in [0, 0.1) is 0 Å². The topological polar surface area (TPSA) is 42.9 Å². The first-order valence-electron chi connectivity index (χ1n) is 8.94. The van der Waals surface area contributed by atoms with Crippen molar-refractivity contribution in [3.05, 3.63) is 109 Å². The van der Waals surface area contributed by atoms with E-state index in [0.717, 1.165) is 12.0 Å². The number of carbonyl (C=O) groups is 1. The first-order chi connectivity index (χ1) is 13.2. The first-order valence-corrected chi connectivity index (χ1v) is 8.94. The molecule has 0 saturated carbocycles. The van der Waals surface area contributed by atoms with E-state index in [0.29, 0.717) is 0 Å². The Morgan fingerprint density at radius 1 is 0.821 bits per heavy atom. The second-order valence-corrected chi connectivity index (χ2v) is 6.36. The predicted octanol–water partition coefficient (Wildman–Crippen LogP) is 5.75. The van der Waals surface area contributed by atoms with E-state index in [1.54, 1.807) is 31.7 Å². The van der Waals surface area contributed by atoms with Crippen molar-refractivity contribution in [1.29, 1.82) is 0 Å². The van der Waals surface area contributed by atoms with Crippen LogP contribution >= 0.6 is 17.0 Å². The van der Waals surface area contributed by atoms with Gasteiger partial charge in [-0.2, -0.15) is 0 Å². The van der Waals surface area contributed by atoms with E-state index in [4.69, 9.17) is 0 Å². The van der Waals surface area contributed by atoms with Gasteiger partial charge in [-0.15, -0.1) is 17.0 Å². The summed E-state index contributed by atoms with van der Waals surface area (Å²) in [5.41, 5.74) is 2.99. The fourth-order valence-electron chi connectivity index (χ4n) is 3.12. The largest absolute Gasteiger partial charge is 0.299 e. The third-order valence-electron chi connectivity index (χ3n) is 4.68. The maximum absolute atomic E-state index is 11.8. The molecule has 142 valence electrons. The molecule has 0 N–H and O–H groups in total. The van der Waals surface area contributed by atoms with E-state index >= 15 is 0 Å². The molecule has 0 radical (unpaired) electrons. The summed E-state index contributed by atoms with van der Waals surface area (Å²) in [6, 6.07) is 17.9. The molecule has 2 heterocycles. The Kier molecular flexibility index (Phi) is 8.02. The Balaban J connectivity index is 0.000000198. The Morgan fingerprint density at radius 2 is 1.36 bits per heavy atom. The Morgan fingerprint density at radius 3 is 1.79 bits per heavy atom. The lowest BCUT2D eigenvalue weighted by atomic mass is 9.73. The molecule has 0 fully saturated rings. The molecule has 0 bridgehead atoms. The van der Waals surface area contributed by atoms with Crippen LogP contribution in [-0.4, -0.2) is 15.8 Å². The third-order valence-corrected chi connectivity index (χ3v) is 4.68. The smallest absolute Gasteiger partial charge is 0.144 e. The maximum Gasteiger partial charge on any atom is 0.144 e. The van der Waals surface area contributed by atoms with Crippen LogP contribution in [0.2, 0.25) is 0 Å². The standard InChI is InChI=1S/C14H14O.C10H8N2.BrH/c1-12(15)14(10-6-3-7-11-14)13-8-4-2-5-9-13;1-5-11-6-2-9(1)10-3-7-12-8-4-10;/h2-10H,11H2,1H3;1-8H;1H. The molecule has 1 unspecified atom stereocenters. The number of nitrogens with zero attached hydrogens (tertiary/aromatic N) is 2. The molecular formula is C24H23BrN2O. The molecule has 1 aliphatic rings. The normalized spacial score (nSPS) is 17.0. The molecule has 2 aromatic heterocycles. The van der Waals surface area contributed by atoms with Crippen molar-refractivity contribution in [3.63, 3.8) is 0 Å². The minimum atomic E-state index is -0.435. The lowest BCUT2D eigenvalue weighted by molar-refractivity contribution is -0.120. The molecule has 0 spiro atoms. The third kappa shape index (κ3) is 5.11. The van der Waals surface area contributed by atoms with E-state index in [9.17, 15) is 4.79 Å². The Hall–Kier alpha value is -2.85. The molecular weight excluding hydrogens is 412 g/mol. The summed E-state index contributed by atoms with van der Waals surface area (Å²) in [5.74, 6) is 0.203. The number of rotatable bonds is 3. The number of halogens is 1. The van der Waals surface area contributed by atoms with Gasteiger partial charge in [0, 0.05) is 24.8 Å². The van der Waals surface area contributed by atoms with Crippen molar-refractivity contribution in [2.45, 2.75) is 18.8 Å². The first kappa shape index (κ1) is 21.5. The molecule has 0 saturated heterocycles. The zero-order valence-electron chi connectivity index (χ0n) is 15.7. The highest BCUT2D eigenvalue weighted by Gasteiger charge is 2.33. The number of carbonyl (C=O) groups excluding carboxylic acids is 1. The Labute approximate surface area is 176 Å². The molecule has 4 heteroatoms. The molecule has 4 rings (SSSR count). The summed E-state index contributed by atoms with van der Waals surface area (Å²) in [6.45, 7) is 1.66. The van der Waals surface area contributed by atoms with Gasteiger partial charge < -0.3 is 0 Å². The van der Waals surface area contributed by atoms with Gasteiger partial charge in [0.2, 0.25) is 0 Å². The summed E-state index contributed by atoms with van der Waals surface area (Å²) >= 11 is 0. The van der Waals surface area contributed by atoms with Crippen LogP contribution in [0.1, 0.15) is 18.9 Å². The summed E-state index contributed by atoms with van der Waals surface area (Å²) in [5, 5.41) is 0. The number of aromatic nitrogens is 2. The van der Waals surface area contributed by atoms with Crippen LogP contribution in [0.15, 0.2) is 104 Å². The van der Waals surface area contributed by atoms with Crippen LogP contribution in [0.25, 0.3) is 11.1 Å². The molecule has 1 aliphatic carbocycles. The van der Waals surface area contributed by atoms with Gasteiger partial charge in [0.1, 0.15) is 5.78 Å². The molecule has 1 aromatic carbocycles. The maximum atomic E-state index is 11.8. The average molecular weight is 435 g/mol. The SMILES string of the molecule is Br.CC(=O)C1(c2ccccc2)C=CC=CC1.c1cc(-c2ccncc2)ccn1. The van der Waals surface area contributed by atoms with Gasteiger partial charge in [0.15, 0.2) is 0 Å². The molecule has 0 amide bonds. The van der Waals surface area contributed by atoms with Gasteiger partial charge in [-0.3, -0.25) is 14.8 Å². The van der Waals surface area contributed by atoms with Gasteiger partial charge in [-0.25, -0.2) is 0 Å². The number of allylic oxidation sites excluding steroid dienone is 4. The van der Waals surface area contributed by atoms with E-state index < -0.39 is 5.41 Å². The van der Waals surface area contributed by atoms with E-state index in [1.807, 2.05) is 72.8 Å². The van der Waals surface area contributed by atoms with Crippen LogP contribution in [-0.2, 0) is 10.2 Å². The highest BCUT2D eigenvalue weighted by atomic mass is 79.9. The second kappa shape index (κ2) is 10.5. The zero-order chi connectivity index (χ0) is 19.0. The van der Waals surface area contributed by atoms with Crippen molar-refractivity contribution in [2.24, 2.45) is 0 Å². The molecule has 28 heavy (non-hydrogen) atoms. The average Bonchev–Trinajstić information content (AvgIpc) is 2.76. The van der Waals surface area contributed by atoms with Crippen molar-refractivity contribution in [2.75, 3.05) is 0 Å². The van der Waals surface area contributed by atoms with Crippen LogP contribution in [0.3, 0.4) is 0 Å². The van der Waals surface area contributed by atoms with Crippen LogP contribution in [0.5, 0.6) is 0 Å². The monoisotopic (exact) mass is 434 g/mol. The molecule has 3 nitrogen and oxygen atoms in total. The molecule has 0 aliphatic heterocycles. The molecule has 1 atom stereocenters. The fraction of sp³-hybridized carbons (Fsp3) is 0.125. The van der Waals surface area contributed by atoms with Gasteiger partial charge in [-0.05, 0) is 54.3 Å². The minimum Gasteiger partial charge on any atom is -0.299 e. The van der Waals surface area contributed by atoms with E-state index in [2.05, 4.69) is 16.0 Å². The highest BCUT2D eigenvalue weighted by Crippen LogP contribution is 2.33. The quantitative estimate of drug-likeness (QED) is 0.526. The van der Waals surface area contributed by atoms with Crippen LogP contribution < -0.4 is 0 Å². The summed E-state index contributed by atoms with van der Waals surface area (Å²) in [7, 11) is 0. The lowest BCUT2D eigenvalue weighted by Gasteiger charge is -2.28. The summed E-state index contributed by atoms with van der Waals surface area (Å²) in [6.07, 6.45) is 15.9. The predicted molar refractivity (Wildman–Crippen MR) is 119 cm³/mol. The fourth-order valence-corrected chi connectivity index (χ4v) is 3.12. The number of hydrogen-bond donors (Lipinski definition) is 0. The van der Waals surface area contributed by atoms with Crippen molar-refractivity contribution < 1.29 is 4.79 Å². The number of pyridine rings is 2. The van der Waals surface area contributed by atoms with Gasteiger partial charge >= 0.3 is 0 Å². The second-order valence-electron chi connectivity index (χ2n) is 6.36. The summed E-state index contributed by atoms with van der Waals surface area (Å²) in [4.78, 5) is 19.7. The number of Topliss-reactive ketones (excluding diaryl/α,β-unsaturated/α-hetero) is 1. The zero-order valence-corrected chi connectivity index (χ0v) is 17.4. The van der Waals surface area contributed by atoms with E-state index in [-0.39, 0.29) is 22.8 Å². The number of hydrogen-bond acceptors (Lipinski definition) is 3. The number of ketones is 1. The van der Waals surface area contributed by atoms with Crippen molar-refractivity contribution in [1.82, 2.24) is 9.97 Å². The van der Waals surface area contributed by atoms with Crippen LogP contribution in [0.4, 0.5) is 0 Å². The minimum absolute atomic E-state index is 0. The lowest BCUT2D eigenvalue weighted by Crippen LogP contribution is -2.32. The van der Waals surface area contributed by atoms with Crippen molar-refractivity contribution >= 4 is 22.8 Å². The van der Waals surface area contributed by atoms with Gasteiger partial charge in [0.05, 0.1) is 5.41 Å². The van der Waals surface area contributed by atoms with Crippen molar-refractivity contribution in [3.8, 4) is 11.1 Å². The molecule has 3 aromatic rings. The van der Waals surface area contributed by atoms with Gasteiger partial charge in [0.25, 0.3) is 0 Å². The summed E-state index contributed by atoms with van der Waals surface area (Å²) < 4.78 is 0. The number of benzene rings is 1. The van der Waals surface area contributed by atoms with E-state index in [1.165, 1.54) is 11.1 Å². The Bertz CT molecular complexity index is 887. The highest BCUT2D eigenvalue weighted by molar-refractivity contribution is 8.93. The van der Waals surface area contributed by atoms with Gasteiger partial charge in [-0.1, -0.05) is 54.6 Å².